The summed E-state index contributed by atoms with van der Waals surface area (Å²) in [6.07, 6.45) is 4.78. The van der Waals surface area contributed by atoms with Crippen LogP contribution in [0.2, 0.25) is 0 Å². The Kier molecular flexibility index (Phi) is 6.26. The summed E-state index contributed by atoms with van der Waals surface area (Å²) in [5.41, 5.74) is 2.11. The molecule has 0 spiro atoms. The molecule has 0 aliphatic rings. The summed E-state index contributed by atoms with van der Waals surface area (Å²) in [4.78, 5) is 12.1. The van der Waals surface area contributed by atoms with Gasteiger partial charge in [-0.05, 0) is 37.5 Å². The standard InChI is InChI=1S/C17H21ClO3/c1-6-9-21-15(17(3,4)16(19)20-5)13-8-7-12(2)14(10-13)11-18/h1,7-8,10,15H,9,11H2,2-5H3. The Morgan fingerprint density at radius 1 is 1.48 bits per heavy atom. The van der Waals surface area contributed by atoms with Gasteiger partial charge >= 0.3 is 5.97 Å². The molecule has 114 valence electrons. The van der Waals surface area contributed by atoms with Gasteiger partial charge in [0.2, 0.25) is 0 Å². The predicted octanol–water partition coefficient (Wildman–Crippen LogP) is 3.62. The second kappa shape index (κ2) is 7.49. The van der Waals surface area contributed by atoms with Gasteiger partial charge < -0.3 is 9.47 Å². The van der Waals surface area contributed by atoms with Crippen LogP contribution < -0.4 is 0 Å². The molecule has 0 fully saturated rings. The maximum atomic E-state index is 12.1. The maximum absolute atomic E-state index is 12.1. The quantitative estimate of drug-likeness (QED) is 0.457. The van der Waals surface area contributed by atoms with Crippen LogP contribution in [0, 0.1) is 24.7 Å². The van der Waals surface area contributed by atoms with Crippen molar-refractivity contribution in [3.05, 3.63) is 34.9 Å². The number of aryl methyl sites for hydroxylation is 1. The Hall–Kier alpha value is -1.50. The molecule has 0 heterocycles. The Bertz CT molecular complexity index is 543. The average Bonchev–Trinajstić information content (AvgIpc) is 2.47. The van der Waals surface area contributed by atoms with Gasteiger partial charge in [0.25, 0.3) is 0 Å². The first-order valence-electron chi connectivity index (χ1n) is 6.67. The first kappa shape index (κ1) is 17.6. The number of hydrogen-bond donors (Lipinski definition) is 0. The van der Waals surface area contributed by atoms with Crippen LogP contribution in [0.25, 0.3) is 0 Å². The van der Waals surface area contributed by atoms with E-state index in [1.54, 1.807) is 13.8 Å². The monoisotopic (exact) mass is 308 g/mol. The minimum absolute atomic E-state index is 0.120. The van der Waals surface area contributed by atoms with Crippen molar-refractivity contribution in [1.82, 2.24) is 0 Å². The second-order valence-electron chi connectivity index (χ2n) is 5.43. The molecule has 1 rings (SSSR count). The lowest BCUT2D eigenvalue weighted by Crippen LogP contribution is -2.34. The molecule has 0 saturated carbocycles. The zero-order valence-corrected chi connectivity index (χ0v) is 13.7. The normalized spacial score (nSPS) is 12.6. The first-order valence-corrected chi connectivity index (χ1v) is 7.20. The predicted molar refractivity (Wildman–Crippen MR) is 84.1 cm³/mol. The first-order chi connectivity index (χ1) is 9.88. The van der Waals surface area contributed by atoms with Crippen LogP contribution in [0.5, 0.6) is 0 Å². The number of rotatable bonds is 6. The van der Waals surface area contributed by atoms with Crippen molar-refractivity contribution in [3.63, 3.8) is 0 Å². The van der Waals surface area contributed by atoms with E-state index in [2.05, 4.69) is 5.92 Å². The van der Waals surface area contributed by atoms with E-state index in [1.807, 2.05) is 25.1 Å². The molecule has 0 amide bonds. The van der Waals surface area contributed by atoms with Gasteiger partial charge in [0.05, 0.1) is 18.6 Å². The molecule has 1 unspecified atom stereocenters. The minimum Gasteiger partial charge on any atom is -0.469 e. The highest BCUT2D eigenvalue weighted by atomic mass is 35.5. The van der Waals surface area contributed by atoms with Gasteiger partial charge in [-0.15, -0.1) is 18.0 Å². The molecule has 1 aromatic carbocycles. The number of halogens is 1. The van der Waals surface area contributed by atoms with Crippen LogP contribution >= 0.6 is 11.6 Å². The lowest BCUT2D eigenvalue weighted by molar-refractivity contribution is -0.160. The van der Waals surface area contributed by atoms with Crippen molar-refractivity contribution in [2.75, 3.05) is 13.7 Å². The zero-order chi connectivity index (χ0) is 16.0. The van der Waals surface area contributed by atoms with Crippen LogP contribution in [-0.4, -0.2) is 19.7 Å². The van der Waals surface area contributed by atoms with E-state index in [-0.39, 0.29) is 12.6 Å². The Morgan fingerprint density at radius 3 is 2.67 bits per heavy atom. The summed E-state index contributed by atoms with van der Waals surface area (Å²) in [6, 6.07) is 5.85. The van der Waals surface area contributed by atoms with E-state index >= 15 is 0 Å². The SMILES string of the molecule is C#CCOC(c1ccc(C)c(CCl)c1)C(C)(C)C(=O)OC. The smallest absolute Gasteiger partial charge is 0.314 e. The van der Waals surface area contributed by atoms with Gasteiger partial charge in [0.1, 0.15) is 6.61 Å². The van der Waals surface area contributed by atoms with Crippen LogP contribution in [-0.2, 0) is 20.1 Å². The third-order valence-electron chi connectivity index (χ3n) is 3.52. The molecular formula is C17H21ClO3. The minimum atomic E-state index is -0.857. The molecule has 0 saturated heterocycles. The molecule has 1 aromatic rings. The summed E-state index contributed by atoms with van der Waals surface area (Å²) in [7, 11) is 1.36. The van der Waals surface area contributed by atoms with Crippen molar-refractivity contribution in [2.45, 2.75) is 32.8 Å². The topological polar surface area (TPSA) is 35.5 Å². The molecule has 0 aliphatic carbocycles. The molecule has 4 heteroatoms. The average molecular weight is 309 g/mol. The Labute approximate surface area is 131 Å². The number of ether oxygens (including phenoxy) is 2. The number of benzene rings is 1. The summed E-state index contributed by atoms with van der Waals surface area (Å²) < 4.78 is 10.6. The van der Waals surface area contributed by atoms with Gasteiger partial charge in [-0.3, -0.25) is 4.79 Å². The van der Waals surface area contributed by atoms with E-state index in [0.29, 0.717) is 5.88 Å². The highest BCUT2D eigenvalue weighted by molar-refractivity contribution is 6.17. The van der Waals surface area contributed by atoms with E-state index in [9.17, 15) is 4.79 Å². The van der Waals surface area contributed by atoms with Gasteiger partial charge in [-0.2, -0.15) is 0 Å². The molecule has 0 N–H and O–H groups in total. The number of esters is 1. The van der Waals surface area contributed by atoms with Crippen LogP contribution in [0.15, 0.2) is 18.2 Å². The molecule has 0 bridgehead atoms. The fourth-order valence-electron chi connectivity index (χ4n) is 2.22. The molecule has 0 aliphatic heterocycles. The molecule has 0 aromatic heterocycles. The van der Waals surface area contributed by atoms with Crippen LogP contribution in [0.4, 0.5) is 0 Å². The highest BCUT2D eigenvalue weighted by Gasteiger charge is 2.40. The summed E-state index contributed by atoms with van der Waals surface area (Å²) in [5.74, 6) is 2.49. The van der Waals surface area contributed by atoms with Gasteiger partial charge in [-0.25, -0.2) is 0 Å². The van der Waals surface area contributed by atoms with E-state index in [4.69, 9.17) is 27.5 Å². The van der Waals surface area contributed by atoms with Crippen molar-refractivity contribution < 1.29 is 14.3 Å². The third kappa shape index (κ3) is 4.00. The third-order valence-corrected chi connectivity index (χ3v) is 3.81. The fourth-order valence-corrected chi connectivity index (χ4v) is 2.51. The highest BCUT2D eigenvalue weighted by Crippen LogP contribution is 2.38. The molecular weight excluding hydrogens is 288 g/mol. The Balaban J connectivity index is 3.25. The van der Waals surface area contributed by atoms with Crippen LogP contribution in [0.3, 0.4) is 0 Å². The Morgan fingerprint density at radius 2 is 2.14 bits per heavy atom. The number of terminal acetylenes is 1. The number of hydrogen-bond acceptors (Lipinski definition) is 3. The molecule has 0 radical (unpaired) electrons. The number of carbonyl (C=O) groups is 1. The largest absolute Gasteiger partial charge is 0.469 e. The van der Waals surface area contributed by atoms with E-state index in [1.165, 1.54) is 7.11 Å². The zero-order valence-electron chi connectivity index (χ0n) is 12.9. The van der Waals surface area contributed by atoms with Crippen molar-refractivity contribution in [1.29, 1.82) is 0 Å². The number of methoxy groups -OCH3 is 1. The van der Waals surface area contributed by atoms with E-state index < -0.39 is 11.5 Å². The summed E-state index contributed by atoms with van der Waals surface area (Å²) >= 11 is 5.95. The second-order valence-corrected chi connectivity index (χ2v) is 5.70. The lowest BCUT2D eigenvalue weighted by Gasteiger charge is -2.32. The van der Waals surface area contributed by atoms with Gasteiger partial charge in [-0.1, -0.05) is 24.1 Å². The summed E-state index contributed by atoms with van der Waals surface area (Å²) in [5, 5.41) is 0. The van der Waals surface area contributed by atoms with Crippen molar-refractivity contribution in [2.24, 2.45) is 5.41 Å². The molecule has 21 heavy (non-hydrogen) atoms. The molecule has 3 nitrogen and oxygen atoms in total. The van der Waals surface area contributed by atoms with Gasteiger partial charge in [0, 0.05) is 5.88 Å². The van der Waals surface area contributed by atoms with E-state index in [0.717, 1.165) is 16.7 Å². The number of carbonyl (C=O) groups excluding carboxylic acids is 1. The van der Waals surface area contributed by atoms with Crippen molar-refractivity contribution >= 4 is 17.6 Å². The number of alkyl halides is 1. The van der Waals surface area contributed by atoms with Gasteiger partial charge in [0.15, 0.2) is 0 Å². The van der Waals surface area contributed by atoms with Crippen LogP contribution in [0.1, 0.15) is 36.6 Å². The molecule has 1 atom stereocenters. The lowest BCUT2D eigenvalue weighted by atomic mass is 9.81. The fraction of sp³-hybridized carbons (Fsp3) is 0.471. The van der Waals surface area contributed by atoms with Crippen molar-refractivity contribution in [3.8, 4) is 12.3 Å². The summed E-state index contributed by atoms with van der Waals surface area (Å²) in [6.45, 7) is 5.67. The maximum Gasteiger partial charge on any atom is 0.314 e.